The number of hydrogen-bond acceptors (Lipinski definition) is 6. The van der Waals surface area contributed by atoms with Crippen molar-refractivity contribution in [3.05, 3.63) is 92.6 Å². The van der Waals surface area contributed by atoms with Gasteiger partial charge in [-0.25, -0.2) is 14.6 Å². The van der Waals surface area contributed by atoms with Crippen LogP contribution in [0.25, 0.3) is 11.0 Å². The van der Waals surface area contributed by atoms with E-state index >= 15 is 0 Å². The Kier molecular flexibility index (Phi) is 11.7. The molecule has 12 heteroatoms. The van der Waals surface area contributed by atoms with Crippen LogP contribution >= 0.6 is 31.9 Å². The van der Waals surface area contributed by atoms with E-state index in [1.807, 2.05) is 70.1 Å². The Balaban J connectivity index is 0.000000195. The molecule has 0 radical (unpaired) electrons. The second kappa shape index (κ2) is 16.2. The summed E-state index contributed by atoms with van der Waals surface area (Å²) in [4.78, 5) is 33.9. The van der Waals surface area contributed by atoms with Crippen LogP contribution in [0.2, 0.25) is 0 Å². The minimum absolute atomic E-state index is 0.0619. The second-order valence-electron chi connectivity index (χ2n) is 13.2. The van der Waals surface area contributed by atoms with E-state index in [0.29, 0.717) is 18.4 Å². The van der Waals surface area contributed by atoms with Crippen LogP contribution in [0.15, 0.2) is 75.7 Å². The van der Waals surface area contributed by atoms with Crippen LogP contribution in [0.4, 0.5) is 10.5 Å². The third-order valence-electron chi connectivity index (χ3n) is 9.85. The van der Waals surface area contributed by atoms with Gasteiger partial charge >= 0.3 is 12.0 Å². The Bertz CT molecular complexity index is 1770. The van der Waals surface area contributed by atoms with Crippen LogP contribution in [0.1, 0.15) is 49.1 Å². The number of imidazole rings is 1. The fourth-order valence-electron chi connectivity index (χ4n) is 7.18. The zero-order valence-electron chi connectivity index (χ0n) is 27.7. The summed E-state index contributed by atoms with van der Waals surface area (Å²) >= 11 is 6.95. The molecule has 0 spiro atoms. The van der Waals surface area contributed by atoms with Crippen molar-refractivity contribution in [3.8, 4) is 0 Å². The number of likely N-dealkylation sites (tertiary alicyclic amines) is 1. The van der Waals surface area contributed by atoms with Crippen molar-refractivity contribution in [1.82, 2.24) is 24.7 Å². The first-order valence-electron chi connectivity index (χ1n) is 17.2. The van der Waals surface area contributed by atoms with Crippen molar-refractivity contribution < 1.29 is 14.7 Å². The van der Waals surface area contributed by atoms with Gasteiger partial charge in [-0.05, 0) is 145 Å². The fraction of sp³-hybridized carbons (Fsp3) is 0.432. The highest BCUT2D eigenvalue weighted by Crippen LogP contribution is 2.31. The molecule has 260 valence electrons. The van der Waals surface area contributed by atoms with Crippen molar-refractivity contribution in [1.29, 1.82) is 0 Å². The molecular weight excluding hydrogens is 750 g/mol. The molecule has 2 amide bonds. The van der Waals surface area contributed by atoms with Crippen molar-refractivity contribution in [3.63, 3.8) is 0 Å². The highest BCUT2D eigenvalue weighted by atomic mass is 79.9. The molecule has 1 atom stereocenters. The summed E-state index contributed by atoms with van der Waals surface area (Å²) in [6, 6.07) is 22.0. The molecule has 0 aliphatic carbocycles. The molecule has 3 aromatic carbocycles. The van der Waals surface area contributed by atoms with Gasteiger partial charge in [-0.3, -0.25) is 0 Å². The average Bonchev–Trinajstić information content (AvgIpc) is 3.72. The average molecular weight is 796 g/mol. The number of carboxylic acids is 1. The van der Waals surface area contributed by atoms with E-state index in [-0.39, 0.29) is 12.5 Å². The van der Waals surface area contributed by atoms with Gasteiger partial charge in [0, 0.05) is 40.2 Å². The number of amides is 2. The van der Waals surface area contributed by atoms with Crippen molar-refractivity contribution in [2.75, 3.05) is 44.6 Å². The Hall–Kier alpha value is -3.29. The van der Waals surface area contributed by atoms with Crippen LogP contribution < -0.4 is 16.4 Å². The molecule has 3 aliphatic heterocycles. The Morgan fingerprint density at radius 1 is 0.959 bits per heavy atom. The second-order valence-corrected chi connectivity index (χ2v) is 14.9. The third-order valence-corrected chi connectivity index (χ3v) is 11.7. The van der Waals surface area contributed by atoms with Gasteiger partial charge in [0.2, 0.25) is 0 Å². The van der Waals surface area contributed by atoms with Crippen LogP contribution in [-0.2, 0) is 29.7 Å². The number of fused-ring (bicyclic) bond motifs is 2. The maximum absolute atomic E-state index is 12.5. The summed E-state index contributed by atoms with van der Waals surface area (Å²) in [7, 11) is 0. The van der Waals surface area contributed by atoms with Gasteiger partial charge in [0.05, 0.1) is 11.0 Å². The van der Waals surface area contributed by atoms with Gasteiger partial charge in [-0.15, -0.1) is 0 Å². The number of aromatic nitrogens is 2. The number of para-hydroxylation sites is 3. The number of rotatable bonds is 9. The number of carboxylic acid groups (broad SMARTS) is 1. The van der Waals surface area contributed by atoms with Crippen LogP contribution in [0.3, 0.4) is 0 Å². The lowest BCUT2D eigenvalue weighted by atomic mass is 9.90. The standard InChI is InChI=1S/C23H26Br2N4O2.C14H19N3O/c24-17-9-8-16(14-18(17)25)15-23(26,22(30)31)21-27-19-6-1-2-7-20(19)29(21)13-5-12-28-10-3-4-11-28;18-14-16-13-4-2-1-3-11(13)7-10-17(14)12-5-8-15-9-6-12/h1-2,6-9,14H,3-5,10-13,15,26H2,(H,30,31);1-4,12,15H,5-10H2,(H,16,18). The molecule has 4 aromatic rings. The number of urea groups is 1. The first kappa shape index (κ1) is 35.5. The molecule has 2 fully saturated rings. The van der Waals surface area contributed by atoms with Gasteiger partial charge in [0.15, 0.2) is 5.54 Å². The number of piperidine rings is 1. The van der Waals surface area contributed by atoms with E-state index < -0.39 is 11.5 Å². The molecule has 49 heavy (non-hydrogen) atoms. The highest BCUT2D eigenvalue weighted by Gasteiger charge is 2.41. The Morgan fingerprint density at radius 3 is 2.45 bits per heavy atom. The molecular formula is C37H45Br2N7O3. The van der Waals surface area contributed by atoms with Crippen molar-refractivity contribution in [2.24, 2.45) is 5.73 Å². The molecule has 2 saturated heterocycles. The quantitative estimate of drug-likeness (QED) is 0.155. The van der Waals surface area contributed by atoms with Crippen LogP contribution in [0, 0.1) is 0 Å². The number of carbonyl (C=O) groups excluding carboxylic acids is 1. The number of nitrogens with one attached hydrogen (secondary N) is 2. The minimum Gasteiger partial charge on any atom is -0.480 e. The number of carbonyl (C=O) groups is 2. The SMILES string of the molecule is NC(Cc1ccc(Br)c(Br)c1)(C(=O)O)c1nc2ccccc2n1CCCN1CCCC1.O=C1Nc2ccccc2CCN1C1CCNCC1. The molecule has 0 bridgehead atoms. The minimum atomic E-state index is -1.64. The van der Waals surface area contributed by atoms with Gasteiger partial charge in [-0.2, -0.15) is 0 Å². The molecule has 5 N–H and O–H groups in total. The molecule has 1 unspecified atom stereocenters. The zero-order valence-corrected chi connectivity index (χ0v) is 30.9. The summed E-state index contributed by atoms with van der Waals surface area (Å²) in [5.74, 6) is -0.677. The lowest BCUT2D eigenvalue weighted by Gasteiger charge is -2.33. The molecule has 0 saturated carbocycles. The largest absolute Gasteiger partial charge is 0.480 e. The monoisotopic (exact) mass is 793 g/mol. The summed E-state index contributed by atoms with van der Waals surface area (Å²) in [5.41, 5.74) is 9.71. The molecule has 7 rings (SSSR count). The smallest absolute Gasteiger partial charge is 0.331 e. The number of halogens is 2. The highest BCUT2D eigenvalue weighted by molar-refractivity contribution is 9.13. The van der Waals surface area contributed by atoms with E-state index in [2.05, 4.69) is 53.5 Å². The summed E-state index contributed by atoms with van der Waals surface area (Å²) < 4.78 is 3.77. The molecule has 10 nitrogen and oxygen atoms in total. The first-order chi connectivity index (χ1) is 23.7. The third kappa shape index (κ3) is 8.37. The van der Waals surface area contributed by atoms with Gasteiger partial charge in [0.25, 0.3) is 0 Å². The summed E-state index contributed by atoms with van der Waals surface area (Å²) in [6.07, 6.45) is 6.64. The summed E-state index contributed by atoms with van der Waals surface area (Å²) in [5, 5.41) is 16.6. The van der Waals surface area contributed by atoms with E-state index in [1.165, 1.54) is 18.4 Å². The van der Waals surface area contributed by atoms with Gasteiger partial charge < -0.3 is 35.8 Å². The van der Waals surface area contributed by atoms with E-state index in [1.54, 1.807) is 0 Å². The van der Waals surface area contributed by atoms with E-state index in [4.69, 9.17) is 10.7 Å². The van der Waals surface area contributed by atoms with Crippen molar-refractivity contribution in [2.45, 2.75) is 63.1 Å². The first-order valence-corrected chi connectivity index (χ1v) is 18.8. The topological polar surface area (TPSA) is 129 Å². The van der Waals surface area contributed by atoms with Crippen LogP contribution in [-0.4, -0.2) is 81.8 Å². The fourth-order valence-corrected chi connectivity index (χ4v) is 7.85. The van der Waals surface area contributed by atoms with Gasteiger partial charge in [-0.1, -0.05) is 36.4 Å². The number of nitrogens with zero attached hydrogens (tertiary/aromatic N) is 4. The number of aliphatic carboxylic acids is 1. The van der Waals surface area contributed by atoms with E-state index in [0.717, 1.165) is 96.2 Å². The van der Waals surface area contributed by atoms with Crippen LogP contribution in [0.5, 0.6) is 0 Å². The van der Waals surface area contributed by atoms with E-state index in [9.17, 15) is 14.7 Å². The Labute approximate surface area is 304 Å². The van der Waals surface area contributed by atoms with Crippen molar-refractivity contribution >= 4 is 60.6 Å². The zero-order chi connectivity index (χ0) is 34.4. The predicted molar refractivity (Wildman–Crippen MR) is 201 cm³/mol. The lowest BCUT2D eigenvalue weighted by molar-refractivity contribution is -0.144. The predicted octanol–water partition coefficient (Wildman–Crippen LogP) is 6.36. The maximum atomic E-state index is 12.5. The molecule has 1 aromatic heterocycles. The van der Waals surface area contributed by atoms with Gasteiger partial charge in [0.1, 0.15) is 5.82 Å². The number of aryl methyl sites for hydroxylation is 1. The number of hydrogen-bond donors (Lipinski definition) is 4. The normalized spacial score (nSPS) is 18.3. The lowest BCUT2D eigenvalue weighted by Crippen LogP contribution is -2.49. The number of nitrogens with two attached hydrogens (primary N) is 1. The number of anilines is 1. The summed E-state index contributed by atoms with van der Waals surface area (Å²) in [6.45, 7) is 6.83. The molecule has 3 aliphatic rings. The maximum Gasteiger partial charge on any atom is 0.331 e. The molecule has 4 heterocycles. The Morgan fingerprint density at radius 2 is 1.69 bits per heavy atom. The number of benzene rings is 3.